The van der Waals surface area contributed by atoms with Crippen molar-refractivity contribution in [2.75, 3.05) is 7.11 Å². The van der Waals surface area contributed by atoms with Crippen LogP contribution in [-0.4, -0.2) is 7.11 Å². The Balaban J connectivity index is 2.07. The summed E-state index contributed by atoms with van der Waals surface area (Å²) in [5.41, 5.74) is 0.404. The first kappa shape index (κ1) is 13.8. The van der Waals surface area contributed by atoms with E-state index in [-0.39, 0.29) is 12.4 Å². The lowest BCUT2D eigenvalue weighted by atomic mass is 10.2. The fraction of sp³-hybridized carbons (Fsp3) is 0.143. The molecule has 0 aliphatic rings. The molecule has 19 heavy (non-hydrogen) atoms. The molecule has 5 heteroatoms. The largest absolute Gasteiger partial charge is 0.497 e. The van der Waals surface area contributed by atoms with Gasteiger partial charge in [-0.05, 0) is 46.3 Å². The standard InChI is InChI=1S/C14H11BrF2O2/c1-18-10-3-2-9(14(17)7-10)8-19-11-4-5-13(16)12(15)6-11/h2-7H,8H2,1H3. The Morgan fingerprint density at radius 3 is 2.37 bits per heavy atom. The van der Waals surface area contributed by atoms with E-state index in [9.17, 15) is 8.78 Å². The summed E-state index contributed by atoms with van der Waals surface area (Å²) >= 11 is 3.06. The highest BCUT2D eigenvalue weighted by Gasteiger charge is 2.06. The third kappa shape index (κ3) is 3.44. The van der Waals surface area contributed by atoms with E-state index in [0.717, 1.165) is 0 Å². The second-order valence-electron chi connectivity index (χ2n) is 3.82. The maximum atomic E-state index is 13.7. The van der Waals surface area contributed by atoms with Crippen molar-refractivity contribution in [1.82, 2.24) is 0 Å². The van der Waals surface area contributed by atoms with E-state index >= 15 is 0 Å². The van der Waals surface area contributed by atoms with Crippen molar-refractivity contribution in [3.63, 3.8) is 0 Å². The van der Waals surface area contributed by atoms with Crippen LogP contribution >= 0.6 is 15.9 Å². The van der Waals surface area contributed by atoms with E-state index in [1.54, 1.807) is 12.1 Å². The molecule has 2 nitrogen and oxygen atoms in total. The predicted molar refractivity (Wildman–Crippen MR) is 71.4 cm³/mol. The van der Waals surface area contributed by atoms with Gasteiger partial charge in [-0.3, -0.25) is 0 Å². The molecule has 0 aliphatic heterocycles. The maximum Gasteiger partial charge on any atom is 0.137 e. The zero-order valence-corrected chi connectivity index (χ0v) is 11.7. The summed E-state index contributed by atoms with van der Waals surface area (Å²) in [6.45, 7) is 0.0634. The van der Waals surface area contributed by atoms with Gasteiger partial charge in [0.15, 0.2) is 0 Å². The first-order chi connectivity index (χ1) is 9.10. The van der Waals surface area contributed by atoms with Crippen LogP contribution in [0.2, 0.25) is 0 Å². The summed E-state index contributed by atoms with van der Waals surface area (Å²) in [6.07, 6.45) is 0. The molecule has 0 radical (unpaired) electrons. The number of ether oxygens (including phenoxy) is 2. The number of hydrogen-bond donors (Lipinski definition) is 0. The van der Waals surface area contributed by atoms with Gasteiger partial charge >= 0.3 is 0 Å². The smallest absolute Gasteiger partial charge is 0.137 e. The van der Waals surface area contributed by atoms with Crippen molar-refractivity contribution >= 4 is 15.9 Å². The summed E-state index contributed by atoms with van der Waals surface area (Å²) in [4.78, 5) is 0. The van der Waals surface area contributed by atoms with Crippen LogP contribution in [0.25, 0.3) is 0 Å². The molecule has 0 bridgehead atoms. The molecule has 0 atom stereocenters. The monoisotopic (exact) mass is 328 g/mol. The fourth-order valence-corrected chi connectivity index (χ4v) is 1.86. The van der Waals surface area contributed by atoms with E-state index in [0.29, 0.717) is 21.5 Å². The van der Waals surface area contributed by atoms with E-state index in [1.165, 1.54) is 31.4 Å². The van der Waals surface area contributed by atoms with Crippen LogP contribution in [0.5, 0.6) is 11.5 Å². The summed E-state index contributed by atoms with van der Waals surface area (Å²) < 4.78 is 37.3. The Kier molecular flexibility index (Phi) is 4.37. The fourth-order valence-electron chi connectivity index (χ4n) is 1.50. The zero-order chi connectivity index (χ0) is 13.8. The molecule has 0 fully saturated rings. The normalized spacial score (nSPS) is 10.3. The summed E-state index contributed by atoms with van der Waals surface area (Å²) in [5.74, 6) is 0.137. The SMILES string of the molecule is COc1ccc(COc2ccc(F)c(Br)c2)c(F)c1. The lowest BCUT2D eigenvalue weighted by Gasteiger charge is -2.09. The van der Waals surface area contributed by atoms with Crippen LogP contribution in [0.1, 0.15) is 5.56 Å². The maximum absolute atomic E-state index is 13.7. The van der Waals surface area contributed by atoms with E-state index < -0.39 is 5.82 Å². The van der Waals surface area contributed by atoms with Crippen molar-refractivity contribution in [1.29, 1.82) is 0 Å². The quantitative estimate of drug-likeness (QED) is 0.832. The predicted octanol–water partition coefficient (Wildman–Crippen LogP) is 4.31. The van der Waals surface area contributed by atoms with Gasteiger partial charge in [-0.2, -0.15) is 0 Å². The molecule has 100 valence electrons. The van der Waals surface area contributed by atoms with Crippen LogP contribution in [0.15, 0.2) is 40.9 Å². The molecule has 0 unspecified atom stereocenters. The van der Waals surface area contributed by atoms with E-state index in [1.807, 2.05) is 0 Å². The van der Waals surface area contributed by atoms with Crippen LogP contribution in [0.4, 0.5) is 8.78 Å². The van der Waals surface area contributed by atoms with Crippen molar-refractivity contribution < 1.29 is 18.3 Å². The van der Waals surface area contributed by atoms with Gasteiger partial charge in [0.05, 0.1) is 11.6 Å². The van der Waals surface area contributed by atoms with Gasteiger partial charge in [-0.15, -0.1) is 0 Å². The first-order valence-electron chi connectivity index (χ1n) is 5.50. The molecule has 0 aromatic heterocycles. The van der Waals surface area contributed by atoms with Crippen molar-refractivity contribution in [3.05, 3.63) is 58.1 Å². The number of halogens is 3. The third-order valence-corrected chi connectivity index (χ3v) is 3.15. The van der Waals surface area contributed by atoms with Crippen LogP contribution in [0, 0.1) is 11.6 Å². The summed E-state index contributed by atoms with van der Waals surface area (Å²) in [6, 6.07) is 8.80. The molecule has 0 saturated carbocycles. The molecule has 0 amide bonds. The molecule has 0 spiro atoms. The molecular weight excluding hydrogens is 318 g/mol. The Labute approximate surface area is 118 Å². The second kappa shape index (κ2) is 6.02. The van der Waals surface area contributed by atoms with Crippen molar-refractivity contribution in [3.8, 4) is 11.5 Å². The van der Waals surface area contributed by atoms with Gasteiger partial charge in [-0.25, -0.2) is 8.78 Å². The van der Waals surface area contributed by atoms with Gasteiger partial charge in [-0.1, -0.05) is 0 Å². The number of rotatable bonds is 4. The number of benzene rings is 2. The highest BCUT2D eigenvalue weighted by Crippen LogP contribution is 2.23. The first-order valence-corrected chi connectivity index (χ1v) is 6.29. The van der Waals surface area contributed by atoms with E-state index in [2.05, 4.69) is 15.9 Å². The van der Waals surface area contributed by atoms with Crippen LogP contribution in [0.3, 0.4) is 0 Å². The van der Waals surface area contributed by atoms with Crippen LogP contribution < -0.4 is 9.47 Å². The number of methoxy groups -OCH3 is 1. The highest BCUT2D eigenvalue weighted by atomic mass is 79.9. The minimum Gasteiger partial charge on any atom is -0.497 e. The molecule has 2 aromatic rings. The summed E-state index contributed by atoms with van der Waals surface area (Å²) in [5, 5.41) is 0. The summed E-state index contributed by atoms with van der Waals surface area (Å²) in [7, 11) is 1.47. The highest BCUT2D eigenvalue weighted by molar-refractivity contribution is 9.10. The average molecular weight is 329 g/mol. The lowest BCUT2D eigenvalue weighted by molar-refractivity contribution is 0.298. The zero-order valence-electron chi connectivity index (χ0n) is 10.1. The van der Waals surface area contributed by atoms with Crippen molar-refractivity contribution in [2.45, 2.75) is 6.61 Å². The van der Waals surface area contributed by atoms with Gasteiger partial charge in [0.2, 0.25) is 0 Å². The average Bonchev–Trinajstić information content (AvgIpc) is 2.41. The Morgan fingerprint density at radius 2 is 1.74 bits per heavy atom. The van der Waals surface area contributed by atoms with E-state index in [4.69, 9.17) is 9.47 Å². The molecule has 0 aliphatic carbocycles. The lowest BCUT2D eigenvalue weighted by Crippen LogP contribution is -1.99. The number of hydrogen-bond acceptors (Lipinski definition) is 2. The molecule has 0 saturated heterocycles. The molecular formula is C14H11BrF2O2. The van der Waals surface area contributed by atoms with Gasteiger partial charge in [0, 0.05) is 11.6 Å². The Morgan fingerprint density at radius 1 is 1.00 bits per heavy atom. The van der Waals surface area contributed by atoms with Crippen LogP contribution in [-0.2, 0) is 6.61 Å². The third-order valence-electron chi connectivity index (χ3n) is 2.55. The Hall–Kier alpha value is -1.62. The second-order valence-corrected chi connectivity index (χ2v) is 4.68. The minimum absolute atomic E-state index is 0.0634. The van der Waals surface area contributed by atoms with Gasteiger partial charge in [0.1, 0.15) is 29.7 Å². The molecule has 0 N–H and O–H groups in total. The van der Waals surface area contributed by atoms with Gasteiger partial charge in [0.25, 0.3) is 0 Å². The molecule has 2 aromatic carbocycles. The Bertz CT molecular complexity index is 588. The molecule has 2 rings (SSSR count). The van der Waals surface area contributed by atoms with Crippen molar-refractivity contribution in [2.24, 2.45) is 0 Å². The topological polar surface area (TPSA) is 18.5 Å². The van der Waals surface area contributed by atoms with Gasteiger partial charge < -0.3 is 9.47 Å². The minimum atomic E-state index is -0.402. The molecule has 0 heterocycles.